The van der Waals surface area contributed by atoms with Crippen molar-refractivity contribution < 1.29 is 41.2 Å². The average Bonchev–Trinajstić information content (AvgIpc) is 3.21. The molecule has 9 nitrogen and oxygen atoms in total. The SMILES string of the molecule is O=S(=O)([O-])CC[n+]1c(/C=C/c2ccc3c(c2)OCCOCCOCCOCCO3)sc2ccccc21. The van der Waals surface area contributed by atoms with Gasteiger partial charge in [0.1, 0.15) is 28.0 Å². The standard InChI is InChI=1S/C25H29NO8S2/c27-36(28,29)18-9-26-21-3-1-2-4-24(21)35-25(26)8-6-20-5-7-22-23(19-20)34-17-15-32-13-11-30-10-12-31-14-16-33-22/h1-8,19H,9-18H2/b8-6+. The van der Waals surface area contributed by atoms with E-state index < -0.39 is 15.9 Å². The molecule has 0 spiro atoms. The van der Waals surface area contributed by atoms with Gasteiger partial charge in [0.15, 0.2) is 18.0 Å². The minimum absolute atomic E-state index is 0.0871. The quantitative estimate of drug-likeness (QED) is 0.363. The van der Waals surface area contributed by atoms with Crippen molar-refractivity contribution >= 4 is 43.8 Å². The number of hydrogen-bond donors (Lipinski definition) is 0. The zero-order chi connectivity index (χ0) is 25.2. The summed E-state index contributed by atoms with van der Waals surface area (Å²) in [6, 6.07) is 13.3. The predicted octanol–water partition coefficient (Wildman–Crippen LogP) is 2.73. The number of aryl methyl sites for hydroxylation is 1. The summed E-state index contributed by atoms with van der Waals surface area (Å²) < 4.78 is 64.9. The first-order valence-corrected chi connectivity index (χ1v) is 14.0. The number of ether oxygens (including phenoxy) is 5. The van der Waals surface area contributed by atoms with E-state index >= 15 is 0 Å². The summed E-state index contributed by atoms with van der Waals surface area (Å²) in [7, 11) is -4.33. The van der Waals surface area contributed by atoms with Crippen molar-refractivity contribution in [3.8, 4) is 11.5 Å². The predicted molar refractivity (Wildman–Crippen MR) is 135 cm³/mol. The smallest absolute Gasteiger partial charge is 0.262 e. The van der Waals surface area contributed by atoms with E-state index in [0.29, 0.717) is 64.4 Å². The highest BCUT2D eigenvalue weighted by molar-refractivity contribution is 7.85. The fourth-order valence-corrected chi connectivity index (χ4v) is 5.10. The van der Waals surface area contributed by atoms with Gasteiger partial charge in [-0.3, -0.25) is 0 Å². The van der Waals surface area contributed by atoms with Gasteiger partial charge < -0.3 is 28.2 Å². The highest BCUT2D eigenvalue weighted by atomic mass is 32.2. The Morgan fingerprint density at radius 1 is 0.833 bits per heavy atom. The van der Waals surface area contributed by atoms with Crippen LogP contribution in [0.1, 0.15) is 10.6 Å². The van der Waals surface area contributed by atoms with Crippen molar-refractivity contribution in [1.29, 1.82) is 0 Å². The minimum atomic E-state index is -4.33. The van der Waals surface area contributed by atoms with E-state index in [4.69, 9.17) is 23.7 Å². The molecule has 4 rings (SSSR count). The lowest BCUT2D eigenvalue weighted by Crippen LogP contribution is -2.38. The number of hydrogen-bond acceptors (Lipinski definition) is 9. The largest absolute Gasteiger partial charge is 0.748 e. The van der Waals surface area contributed by atoms with Crippen molar-refractivity contribution in [3.05, 3.63) is 53.0 Å². The molecule has 1 aliphatic rings. The molecule has 0 fully saturated rings. The van der Waals surface area contributed by atoms with Crippen molar-refractivity contribution in [2.75, 3.05) is 58.6 Å². The van der Waals surface area contributed by atoms with Gasteiger partial charge in [-0.05, 0) is 29.8 Å². The van der Waals surface area contributed by atoms with E-state index in [1.807, 2.05) is 59.2 Å². The van der Waals surface area contributed by atoms with Crippen LogP contribution in [0.25, 0.3) is 22.4 Å². The van der Waals surface area contributed by atoms with E-state index in [1.54, 1.807) is 0 Å². The first kappa shape index (κ1) is 26.5. The van der Waals surface area contributed by atoms with Crippen LogP contribution in [0.5, 0.6) is 11.5 Å². The molecule has 3 aromatic rings. The molecule has 0 radical (unpaired) electrons. The molecule has 36 heavy (non-hydrogen) atoms. The highest BCUT2D eigenvalue weighted by Crippen LogP contribution is 2.30. The van der Waals surface area contributed by atoms with Gasteiger partial charge in [0.25, 0.3) is 5.01 Å². The molecule has 0 amide bonds. The summed E-state index contributed by atoms with van der Waals surface area (Å²) >= 11 is 1.53. The first-order chi connectivity index (χ1) is 17.5. The lowest BCUT2D eigenvalue weighted by atomic mass is 10.2. The third kappa shape index (κ3) is 7.99. The van der Waals surface area contributed by atoms with Crippen molar-refractivity contribution in [2.45, 2.75) is 6.54 Å². The van der Waals surface area contributed by atoms with E-state index in [2.05, 4.69) is 0 Å². The second kappa shape index (κ2) is 13.1. The fourth-order valence-electron chi connectivity index (χ4n) is 3.60. The molecule has 11 heteroatoms. The average molecular weight is 536 g/mol. The summed E-state index contributed by atoms with van der Waals surface area (Å²) in [5.74, 6) is 0.731. The lowest BCUT2D eigenvalue weighted by molar-refractivity contribution is -0.664. The summed E-state index contributed by atoms with van der Waals surface area (Å²) in [5, 5.41) is 0.834. The van der Waals surface area contributed by atoms with Gasteiger partial charge in [0.2, 0.25) is 5.52 Å². The third-order valence-corrected chi connectivity index (χ3v) is 7.12. The number of nitrogens with zero attached hydrogens (tertiary/aromatic N) is 1. The number of rotatable bonds is 5. The molecule has 0 saturated heterocycles. The van der Waals surface area contributed by atoms with Crippen LogP contribution in [0.2, 0.25) is 0 Å². The Hall–Kier alpha value is -2.54. The van der Waals surface area contributed by atoms with Crippen molar-refractivity contribution in [2.24, 2.45) is 0 Å². The van der Waals surface area contributed by atoms with Gasteiger partial charge in [0.05, 0.1) is 45.4 Å². The van der Waals surface area contributed by atoms with Crippen LogP contribution in [-0.4, -0.2) is 71.6 Å². The molecular weight excluding hydrogens is 506 g/mol. The van der Waals surface area contributed by atoms with E-state index in [1.165, 1.54) is 11.3 Å². The summed E-state index contributed by atoms with van der Waals surface area (Å²) in [4.78, 5) is 0. The molecule has 0 saturated carbocycles. The van der Waals surface area contributed by atoms with Crippen LogP contribution >= 0.6 is 11.3 Å². The first-order valence-electron chi connectivity index (χ1n) is 11.7. The van der Waals surface area contributed by atoms with Crippen LogP contribution < -0.4 is 14.0 Å². The molecule has 1 aliphatic heterocycles. The number of thiazole rings is 1. The van der Waals surface area contributed by atoms with E-state index in [9.17, 15) is 13.0 Å². The monoisotopic (exact) mass is 535 g/mol. The van der Waals surface area contributed by atoms with Crippen LogP contribution in [0, 0.1) is 0 Å². The molecule has 0 N–H and O–H groups in total. The van der Waals surface area contributed by atoms with Gasteiger partial charge >= 0.3 is 0 Å². The molecule has 1 aromatic heterocycles. The van der Waals surface area contributed by atoms with Gasteiger partial charge in [-0.1, -0.05) is 29.5 Å². The fraction of sp³-hybridized carbons (Fsp3) is 0.400. The number of fused-ring (bicyclic) bond motifs is 2. The van der Waals surface area contributed by atoms with Crippen molar-refractivity contribution in [3.63, 3.8) is 0 Å². The Balaban J connectivity index is 1.54. The summed E-state index contributed by atoms with van der Waals surface area (Å²) in [6.45, 7) is 3.68. The number of benzene rings is 2. The number of para-hydroxylation sites is 1. The molecule has 0 aliphatic carbocycles. The highest BCUT2D eigenvalue weighted by Gasteiger charge is 2.19. The van der Waals surface area contributed by atoms with Crippen LogP contribution in [0.15, 0.2) is 42.5 Å². The number of aromatic nitrogens is 1. The summed E-state index contributed by atoms with van der Waals surface area (Å²) in [5.41, 5.74) is 1.76. The van der Waals surface area contributed by atoms with Crippen LogP contribution in [-0.2, 0) is 30.9 Å². The van der Waals surface area contributed by atoms with Crippen LogP contribution in [0.3, 0.4) is 0 Å². The van der Waals surface area contributed by atoms with E-state index in [0.717, 1.165) is 20.8 Å². The molecule has 0 unspecified atom stereocenters. The maximum Gasteiger partial charge on any atom is 0.262 e. The van der Waals surface area contributed by atoms with Crippen LogP contribution in [0.4, 0.5) is 0 Å². The Bertz CT molecular complexity index is 1270. The maximum atomic E-state index is 11.2. The summed E-state index contributed by atoms with van der Waals surface area (Å²) in [6.07, 6.45) is 3.83. The van der Waals surface area contributed by atoms with Crippen molar-refractivity contribution in [1.82, 2.24) is 0 Å². The molecule has 194 valence electrons. The van der Waals surface area contributed by atoms with E-state index in [-0.39, 0.29) is 6.54 Å². The molecular formula is C25H29NO8S2. The minimum Gasteiger partial charge on any atom is -0.748 e. The second-order valence-electron chi connectivity index (χ2n) is 7.90. The van der Waals surface area contributed by atoms with Gasteiger partial charge in [0, 0.05) is 12.1 Å². The third-order valence-electron chi connectivity index (χ3n) is 5.30. The molecule has 0 atom stereocenters. The Kier molecular flexibility index (Phi) is 9.67. The zero-order valence-electron chi connectivity index (χ0n) is 19.8. The molecule has 2 heterocycles. The second-order valence-corrected chi connectivity index (χ2v) is 10.5. The Morgan fingerprint density at radius 3 is 2.17 bits per heavy atom. The Labute approximate surface area is 214 Å². The van der Waals surface area contributed by atoms with Gasteiger partial charge in [-0.25, -0.2) is 8.42 Å². The molecule has 2 aromatic carbocycles. The van der Waals surface area contributed by atoms with Gasteiger partial charge in [-0.2, -0.15) is 4.57 Å². The van der Waals surface area contributed by atoms with Gasteiger partial charge in [-0.15, -0.1) is 0 Å². The molecule has 0 bridgehead atoms. The normalized spacial score (nSPS) is 16.6. The Morgan fingerprint density at radius 2 is 1.47 bits per heavy atom. The lowest BCUT2D eigenvalue weighted by Gasteiger charge is -2.13. The zero-order valence-corrected chi connectivity index (χ0v) is 21.4. The topological polar surface area (TPSA) is 107 Å². The maximum absolute atomic E-state index is 11.2.